The molecule has 0 radical (unpaired) electrons. The number of esters is 1. The van der Waals surface area contributed by atoms with E-state index < -0.39 is 12.0 Å². The molecule has 1 unspecified atom stereocenters. The summed E-state index contributed by atoms with van der Waals surface area (Å²) in [5.41, 5.74) is 1.88. The molecule has 2 heterocycles. The highest BCUT2D eigenvalue weighted by atomic mass is 35.5. The van der Waals surface area contributed by atoms with Crippen LogP contribution >= 0.6 is 11.6 Å². The van der Waals surface area contributed by atoms with Crippen molar-refractivity contribution < 1.29 is 19.1 Å². The third kappa shape index (κ3) is 5.86. The minimum Gasteiger partial charge on any atom is -0.463 e. The molecule has 1 aromatic carbocycles. The molecule has 1 saturated heterocycles. The van der Waals surface area contributed by atoms with Gasteiger partial charge in [0.25, 0.3) is 0 Å². The largest absolute Gasteiger partial charge is 0.463 e. The lowest BCUT2D eigenvalue weighted by molar-refractivity contribution is -0.139. The summed E-state index contributed by atoms with van der Waals surface area (Å²) in [4.78, 5) is 45.3. The second kappa shape index (κ2) is 12.1. The Morgan fingerprint density at radius 2 is 1.75 bits per heavy atom. The third-order valence-corrected chi connectivity index (χ3v) is 7.68. The normalized spacial score (nSPS) is 22.0. The van der Waals surface area contributed by atoms with Gasteiger partial charge in [-0.3, -0.25) is 14.6 Å². The zero-order valence-electron chi connectivity index (χ0n) is 21.3. The van der Waals surface area contributed by atoms with Crippen molar-refractivity contribution in [3.8, 4) is 0 Å². The van der Waals surface area contributed by atoms with E-state index in [0.29, 0.717) is 42.5 Å². The quantitative estimate of drug-likeness (QED) is 0.554. The first-order valence-corrected chi connectivity index (χ1v) is 13.6. The van der Waals surface area contributed by atoms with Crippen LogP contribution in [-0.4, -0.2) is 78.5 Å². The predicted octanol–water partition coefficient (Wildman–Crippen LogP) is 3.97. The number of hydrogen-bond donors (Lipinski definition) is 1. The van der Waals surface area contributed by atoms with Crippen molar-refractivity contribution in [3.63, 3.8) is 0 Å². The van der Waals surface area contributed by atoms with Crippen LogP contribution in [0.5, 0.6) is 0 Å². The van der Waals surface area contributed by atoms with Gasteiger partial charge in [-0.25, -0.2) is 9.59 Å². The maximum Gasteiger partial charge on any atom is 0.338 e. The van der Waals surface area contributed by atoms with Gasteiger partial charge in [0.2, 0.25) is 5.91 Å². The summed E-state index contributed by atoms with van der Waals surface area (Å²) in [5.74, 6) is 0.0296. The number of likely N-dealkylation sites (N-methyl/N-ethyl adjacent to an activating group) is 1. The minimum atomic E-state index is -0.626. The maximum atomic E-state index is 13.3. The van der Waals surface area contributed by atoms with E-state index in [1.54, 1.807) is 24.0 Å². The fourth-order valence-corrected chi connectivity index (χ4v) is 5.68. The van der Waals surface area contributed by atoms with Crippen LogP contribution < -0.4 is 5.32 Å². The number of carbonyl (C=O) groups is 3. The number of carbonyl (C=O) groups excluding carboxylic acids is 3. The Morgan fingerprint density at radius 1 is 1.03 bits per heavy atom. The van der Waals surface area contributed by atoms with Crippen LogP contribution in [-0.2, 0) is 14.3 Å². The Kier molecular flexibility index (Phi) is 8.90. The van der Waals surface area contributed by atoms with Crippen molar-refractivity contribution in [1.29, 1.82) is 0 Å². The van der Waals surface area contributed by atoms with Crippen molar-refractivity contribution in [2.75, 3.05) is 45.9 Å². The summed E-state index contributed by atoms with van der Waals surface area (Å²) in [6, 6.07) is 6.28. The Bertz CT molecular complexity index is 990. The Morgan fingerprint density at radius 3 is 2.42 bits per heavy atom. The molecule has 196 valence electrons. The lowest BCUT2D eigenvalue weighted by Gasteiger charge is -2.38. The predicted molar refractivity (Wildman–Crippen MR) is 138 cm³/mol. The second-order valence-corrected chi connectivity index (χ2v) is 10.1. The molecule has 1 aromatic rings. The molecular formula is C27H37ClN4O4. The van der Waals surface area contributed by atoms with E-state index in [0.717, 1.165) is 50.8 Å². The molecule has 1 saturated carbocycles. The summed E-state index contributed by atoms with van der Waals surface area (Å²) in [6.07, 6.45) is 5.15. The summed E-state index contributed by atoms with van der Waals surface area (Å²) < 4.78 is 5.46. The first kappa shape index (κ1) is 26.5. The molecule has 36 heavy (non-hydrogen) atoms. The van der Waals surface area contributed by atoms with Crippen molar-refractivity contribution in [2.45, 2.75) is 52.0 Å². The van der Waals surface area contributed by atoms with E-state index in [1.807, 2.05) is 24.0 Å². The highest BCUT2D eigenvalue weighted by molar-refractivity contribution is 6.30. The summed E-state index contributed by atoms with van der Waals surface area (Å²) in [5, 5.41) is 3.57. The van der Waals surface area contributed by atoms with Gasteiger partial charge in [-0.1, -0.05) is 36.6 Å². The fourth-order valence-electron chi connectivity index (χ4n) is 5.56. The molecule has 9 heteroatoms. The molecule has 1 atom stereocenters. The van der Waals surface area contributed by atoms with Gasteiger partial charge in [0, 0.05) is 55.9 Å². The van der Waals surface area contributed by atoms with Gasteiger partial charge >= 0.3 is 12.0 Å². The van der Waals surface area contributed by atoms with E-state index >= 15 is 0 Å². The van der Waals surface area contributed by atoms with Gasteiger partial charge in [0.1, 0.15) is 0 Å². The van der Waals surface area contributed by atoms with Gasteiger partial charge in [-0.15, -0.1) is 0 Å². The number of urea groups is 1. The van der Waals surface area contributed by atoms with E-state index in [2.05, 4.69) is 10.2 Å². The number of ether oxygens (including phenoxy) is 1. The van der Waals surface area contributed by atoms with E-state index in [-0.39, 0.29) is 24.5 Å². The Hall–Kier alpha value is -2.58. The number of benzene rings is 1. The molecule has 0 bridgehead atoms. The summed E-state index contributed by atoms with van der Waals surface area (Å²) in [6.45, 7) is 7.68. The zero-order valence-corrected chi connectivity index (χ0v) is 22.1. The average Bonchev–Trinajstić information content (AvgIpc) is 3.31. The van der Waals surface area contributed by atoms with Crippen LogP contribution in [0.15, 0.2) is 35.5 Å². The van der Waals surface area contributed by atoms with E-state index in [4.69, 9.17) is 16.3 Å². The first-order valence-electron chi connectivity index (χ1n) is 13.2. The molecule has 3 aliphatic rings. The Balaban J connectivity index is 1.61. The van der Waals surface area contributed by atoms with Gasteiger partial charge in [0.05, 0.1) is 18.2 Å². The van der Waals surface area contributed by atoms with Crippen molar-refractivity contribution >= 4 is 29.5 Å². The van der Waals surface area contributed by atoms with Crippen LogP contribution in [0.2, 0.25) is 5.02 Å². The lowest BCUT2D eigenvalue weighted by Crippen LogP contribution is -2.51. The standard InChI is InChI=1S/C27H37ClN4O4/c1-3-32-22(18-30-14-7-15-31(17-16-30)25(33)20-8-5-6-9-20)23(26(34)36-4-2)24(29-27(32)35)19-10-12-21(28)13-11-19/h10-13,20,24H,3-9,14-18H2,1-2H3,(H,29,35). The number of amides is 3. The SMILES string of the molecule is CCOC(=O)C1=C(CN2CCCN(C(=O)C3CCCC3)CC2)N(CC)C(=O)NC1c1ccc(Cl)cc1. The second-order valence-electron chi connectivity index (χ2n) is 9.70. The summed E-state index contributed by atoms with van der Waals surface area (Å²) >= 11 is 6.09. The van der Waals surface area contributed by atoms with Crippen molar-refractivity contribution in [3.05, 3.63) is 46.1 Å². The molecule has 1 aliphatic carbocycles. The molecular weight excluding hydrogens is 480 g/mol. The highest BCUT2D eigenvalue weighted by Crippen LogP contribution is 2.33. The summed E-state index contributed by atoms with van der Waals surface area (Å²) in [7, 11) is 0. The third-order valence-electron chi connectivity index (χ3n) is 7.43. The molecule has 4 rings (SSSR count). The molecule has 1 N–H and O–H groups in total. The zero-order chi connectivity index (χ0) is 25.7. The molecule has 0 aromatic heterocycles. The molecule has 3 amide bonds. The highest BCUT2D eigenvalue weighted by Gasteiger charge is 2.38. The molecule has 8 nitrogen and oxygen atoms in total. The number of nitrogens with one attached hydrogen (secondary N) is 1. The van der Waals surface area contributed by atoms with Crippen molar-refractivity contribution in [1.82, 2.24) is 20.0 Å². The van der Waals surface area contributed by atoms with Crippen LogP contribution in [0.4, 0.5) is 4.79 Å². The lowest BCUT2D eigenvalue weighted by atomic mass is 9.94. The molecule has 2 fully saturated rings. The number of hydrogen-bond acceptors (Lipinski definition) is 5. The van der Waals surface area contributed by atoms with E-state index in [1.165, 1.54) is 0 Å². The van der Waals surface area contributed by atoms with Crippen LogP contribution in [0.25, 0.3) is 0 Å². The number of halogens is 1. The van der Waals surface area contributed by atoms with E-state index in [9.17, 15) is 14.4 Å². The van der Waals surface area contributed by atoms with Crippen molar-refractivity contribution in [2.24, 2.45) is 5.92 Å². The monoisotopic (exact) mass is 516 g/mol. The fraction of sp³-hybridized carbons (Fsp3) is 0.593. The number of rotatable bonds is 7. The van der Waals surface area contributed by atoms with Gasteiger partial charge in [-0.2, -0.15) is 0 Å². The van der Waals surface area contributed by atoms with Crippen LogP contribution in [0.1, 0.15) is 57.6 Å². The maximum absolute atomic E-state index is 13.3. The minimum absolute atomic E-state index is 0.174. The smallest absolute Gasteiger partial charge is 0.338 e. The van der Waals surface area contributed by atoms with Gasteiger partial charge in [-0.05, 0) is 50.8 Å². The van der Waals surface area contributed by atoms with Gasteiger partial charge < -0.3 is 15.0 Å². The Labute approximate surface area is 218 Å². The molecule has 2 aliphatic heterocycles. The van der Waals surface area contributed by atoms with Gasteiger partial charge in [0.15, 0.2) is 0 Å². The topological polar surface area (TPSA) is 82.2 Å². The average molecular weight is 517 g/mol. The van der Waals surface area contributed by atoms with Crippen LogP contribution in [0, 0.1) is 5.92 Å². The number of nitrogens with zero attached hydrogens (tertiary/aromatic N) is 3. The first-order chi connectivity index (χ1) is 17.4. The molecule has 0 spiro atoms. The van der Waals surface area contributed by atoms with Crippen LogP contribution in [0.3, 0.4) is 0 Å².